The summed E-state index contributed by atoms with van der Waals surface area (Å²) < 4.78 is 4.68. The number of carbonyl (C=O) groups is 3. The Hall–Kier alpha value is -2.09. The van der Waals surface area contributed by atoms with Crippen LogP contribution < -0.4 is 10.6 Å². The number of amides is 2. The first-order chi connectivity index (χ1) is 9.36. The second-order valence-corrected chi connectivity index (χ2v) is 5.23. The van der Waals surface area contributed by atoms with Crippen LogP contribution in [0.25, 0.3) is 0 Å². The Labute approximate surface area is 119 Å². The molecular weight excluding hydrogens is 284 g/mol. The van der Waals surface area contributed by atoms with Gasteiger partial charge in [-0.2, -0.15) is 0 Å². The molecular formula is C12H16N2O5S. The van der Waals surface area contributed by atoms with Gasteiger partial charge < -0.3 is 15.2 Å². The highest BCUT2D eigenvalue weighted by molar-refractivity contribution is 7.16. The van der Waals surface area contributed by atoms with Gasteiger partial charge in [0.1, 0.15) is 5.00 Å². The summed E-state index contributed by atoms with van der Waals surface area (Å²) in [5.74, 6) is -1.52. The van der Waals surface area contributed by atoms with E-state index in [1.54, 1.807) is 6.92 Å². The van der Waals surface area contributed by atoms with Crippen molar-refractivity contribution in [2.45, 2.75) is 20.3 Å². The predicted molar refractivity (Wildman–Crippen MR) is 74.4 cm³/mol. The number of hydrogen-bond acceptors (Lipinski definition) is 5. The summed E-state index contributed by atoms with van der Waals surface area (Å²) in [4.78, 5) is 34.5. The number of carbonyl (C=O) groups excluding carboxylic acids is 2. The maximum Gasteiger partial charge on any atom is 0.341 e. The number of aliphatic carboxylic acids is 1. The average Bonchev–Trinajstić information content (AvgIpc) is 2.63. The van der Waals surface area contributed by atoms with Gasteiger partial charge >= 0.3 is 18.0 Å². The minimum atomic E-state index is -0.997. The van der Waals surface area contributed by atoms with Gasteiger partial charge in [-0.05, 0) is 19.4 Å². The van der Waals surface area contributed by atoms with Gasteiger partial charge in [0.25, 0.3) is 0 Å². The standard InChI is InChI=1S/C12H16N2O5S/c1-6-7(2)20-10(9(6)11(17)19-3)14-12(18)13-5-4-8(15)16/h4-5H2,1-3H3,(H,15,16)(H2,13,14,18). The Kier molecular flexibility index (Phi) is 5.51. The van der Waals surface area contributed by atoms with Crippen LogP contribution in [-0.4, -0.2) is 36.7 Å². The number of carboxylic acid groups (broad SMARTS) is 1. The highest BCUT2D eigenvalue weighted by Crippen LogP contribution is 2.32. The maximum atomic E-state index is 11.7. The van der Waals surface area contributed by atoms with Crippen LogP contribution in [0, 0.1) is 13.8 Å². The molecule has 0 saturated carbocycles. The topological polar surface area (TPSA) is 105 Å². The normalized spacial score (nSPS) is 9.95. The smallest absolute Gasteiger partial charge is 0.341 e. The first kappa shape index (κ1) is 16.0. The second kappa shape index (κ2) is 6.90. The molecule has 110 valence electrons. The zero-order valence-corrected chi connectivity index (χ0v) is 12.2. The third-order valence-electron chi connectivity index (χ3n) is 2.63. The zero-order chi connectivity index (χ0) is 15.3. The number of ether oxygens (including phenoxy) is 1. The van der Waals surface area contributed by atoms with E-state index in [2.05, 4.69) is 15.4 Å². The number of hydrogen-bond donors (Lipinski definition) is 3. The van der Waals surface area contributed by atoms with E-state index in [1.165, 1.54) is 18.4 Å². The maximum absolute atomic E-state index is 11.7. The van der Waals surface area contributed by atoms with E-state index >= 15 is 0 Å². The van der Waals surface area contributed by atoms with Crippen LogP contribution in [0.2, 0.25) is 0 Å². The highest BCUT2D eigenvalue weighted by atomic mass is 32.1. The molecule has 0 aromatic carbocycles. The van der Waals surface area contributed by atoms with Crippen molar-refractivity contribution in [3.8, 4) is 0 Å². The first-order valence-corrected chi connectivity index (χ1v) is 6.63. The van der Waals surface area contributed by atoms with Crippen molar-refractivity contribution in [2.24, 2.45) is 0 Å². The lowest BCUT2D eigenvalue weighted by molar-refractivity contribution is -0.136. The van der Waals surface area contributed by atoms with Crippen molar-refractivity contribution < 1.29 is 24.2 Å². The lowest BCUT2D eigenvalue weighted by Gasteiger charge is -2.07. The van der Waals surface area contributed by atoms with Gasteiger partial charge in [-0.25, -0.2) is 9.59 Å². The molecule has 0 aliphatic carbocycles. The van der Waals surface area contributed by atoms with Crippen molar-refractivity contribution in [1.82, 2.24) is 5.32 Å². The molecule has 0 aliphatic rings. The van der Waals surface area contributed by atoms with E-state index in [0.717, 1.165) is 10.4 Å². The highest BCUT2D eigenvalue weighted by Gasteiger charge is 2.21. The SMILES string of the molecule is COC(=O)c1c(NC(=O)NCCC(=O)O)sc(C)c1C. The third kappa shape index (κ3) is 3.95. The minimum Gasteiger partial charge on any atom is -0.481 e. The Balaban J connectivity index is 2.77. The van der Waals surface area contributed by atoms with Gasteiger partial charge in [0.2, 0.25) is 0 Å². The lowest BCUT2D eigenvalue weighted by atomic mass is 10.1. The molecule has 0 bridgehead atoms. The van der Waals surface area contributed by atoms with Crippen LogP contribution in [-0.2, 0) is 9.53 Å². The summed E-state index contributed by atoms with van der Waals surface area (Å²) in [6.07, 6.45) is -0.167. The molecule has 0 aliphatic heterocycles. The number of urea groups is 1. The second-order valence-electron chi connectivity index (χ2n) is 4.00. The monoisotopic (exact) mass is 300 g/mol. The fourth-order valence-electron chi connectivity index (χ4n) is 1.49. The van der Waals surface area contributed by atoms with E-state index in [4.69, 9.17) is 5.11 Å². The van der Waals surface area contributed by atoms with Crippen LogP contribution in [0.15, 0.2) is 0 Å². The quantitative estimate of drug-likeness (QED) is 0.718. The number of thiophene rings is 1. The van der Waals surface area contributed by atoms with E-state index in [0.29, 0.717) is 10.6 Å². The van der Waals surface area contributed by atoms with Crippen LogP contribution in [0.1, 0.15) is 27.2 Å². The van der Waals surface area contributed by atoms with Crippen molar-refractivity contribution in [1.29, 1.82) is 0 Å². The fraction of sp³-hybridized carbons (Fsp3) is 0.417. The van der Waals surface area contributed by atoms with Gasteiger partial charge in [0.05, 0.1) is 19.1 Å². The molecule has 1 rings (SSSR count). The largest absolute Gasteiger partial charge is 0.481 e. The van der Waals surface area contributed by atoms with Crippen LogP contribution in [0.5, 0.6) is 0 Å². The van der Waals surface area contributed by atoms with Crippen molar-refractivity contribution in [3.63, 3.8) is 0 Å². The zero-order valence-electron chi connectivity index (χ0n) is 11.4. The molecule has 1 heterocycles. The Bertz CT molecular complexity index is 538. The Morgan fingerprint density at radius 1 is 1.30 bits per heavy atom. The number of esters is 1. The Morgan fingerprint density at radius 3 is 2.50 bits per heavy atom. The summed E-state index contributed by atoms with van der Waals surface area (Å²) in [5, 5.41) is 13.8. The first-order valence-electron chi connectivity index (χ1n) is 5.81. The van der Waals surface area contributed by atoms with Gasteiger partial charge in [-0.15, -0.1) is 11.3 Å². The number of rotatable bonds is 5. The molecule has 0 fully saturated rings. The van der Waals surface area contributed by atoms with Gasteiger partial charge in [0.15, 0.2) is 0 Å². The van der Waals surface area contributed by atoms with Crippen molar-refractivity contribution >= 4 is 34.3 Å². The number of aryl methyl sites for hydroxylation is 1. The van der Waals surface area contributed by atoms with E-state index in [9.17, 15) is 14.4 Å². The summed E-state index contributed by atoms with van der Waals surface area (Å²) in [6.45, 7) is 3.61. The molecule has 0 saturated heterocycles. The van der Waals surface area contributed by atoms with Crippen LogP contribution in [0.4, 0.5) is 9.80 Å². The third-order valence-corrected chi connectivity index (χ3v) is 3.75. The van der Waals surface area contributed by atoms with Crippen LogP contribution >= 0.6 is 11.3 Å². The molecule has 2 amide bonds. The molecule has 20 heavy (non-hydrogen) atoms. The summed E-state index contributed by atoms with van der Waals surface area (Å²) in [5.41, 5.74) is 1.08. The molecule has 0 unspecified atom stereocenters. The molecule has 0 radical (unpaired) electrons. The molecule has 3 N–H and O–H groups in total. The van der Waals surface area contributed by atoms with E-state index in [-0.39, 0.29) is 13.0 Å². The number of carboxylic acids is 1. The Morgan fingerprint density at radius 2 is 1.95 bits per heavy atom. The number of nitrogens with one attached hydrogen (secondary N) is 2. The molecule has 1 aromatic heterocycles. The van der Waals surface area contributed by atoms with Gasteiger partial charge in [-0.3, -0.25) is 10.1 Å². The van der Waals surface area contributed by atoms with E-state index in [1.807, 2.05) is 6.92 Å². The van der Waals surface area contributed by atoms with E-state index < -0.39 is 18.0 Å². The number of anilines is 1. The molecule has 1 aromatic rings. The predicted octanol–water partition coefficient (Wildman–Crippen LogP) is 1.75. The van der Waals surface area contributed by atoms with Crippen molar-refractivity contribution in [2.75, 3.05) is 19.0 Å². The fourth-order valence-corrected chi connectivity index (χ4v) is 2.54. The number of methoxy groups -OCH3 is 1. The molecule has 7 nitrogen and oxygen atoms in total. The molecule has 0 spiro atoms. The summed E-state index contributed by atoms with van der Waals surface area (Å²) in [6, 6.07) is -0.558. The lowest BCUT2D eigenvalue weighted by Crippen LogP contribution is -2.30. The molecule has 8 heteroatoms. The van der Waals surface area contributed by atoms with Crippen LogP contribution in [0.3, 0.4) is 0 Å². The van der Waals surface area contributed by atoms with Gasteiger partial charge in [0, 0.05) is 11.4 Å². The summed E-state index contributed by atoms with van der Waals surface area (Å²) in [7, 11) is 1.27. The molecule has 0 atom stereocenters. The average molecular weight is 300 g/mol. The minimum absolute atomic E-state index is 0.0120. The van der Waals surface area contributed by atoms with Gasteiger partial charge in [-0.1, -0.05) is 0 Å². The van der Waals surface area contributed by atoms with Crippen molar-refractivity contribution in [3.05, 3.63) is 16.0 Å². The summed E-state index contributed by atoms with van der Waals surface area (Å²) >= 11 is 1.26.